The zero-order valence-electron chi connectivity index (χ0n) is 12.8. The van der Waals surface area contributed by atoms with Gasteiger partial charge in [0.1, 0.15) is 0 Å². The highest BCUT2D eigenvalue weighted by Gasteiger charge is 2.15. The summed E-state index contributed by atoms with van der Waals surface area (Å²) in [7, 11) is 4.19. The first-order chi connectivity index (χ1) is 8.95. The highest BCUT2D eigenvalue weighted by Crippen LogP contribution is 2.14. The fourth-order valence-electron chi connectivity index (χ4n) is 2.01. The topological polar surface area (TPSA) is 40.1 Å². The van der Waals surface area contributed by atoms with Gasteiger partial charge in [-0.2, -0.15) is 0 Å². The van der Waals surface area contributed by atoms with Crippen LogP contribution in [-0.2, 0) is 6.54 Å². The van der Waals surface area contributed by atoms with Crippen molar-refractivity contribution < 1.29 is 0 Å². The molecular formula is C13H27N5S. The molecule has 1 heterocycles. The minimum atomic E-state index is 0.600. The standard InChI is InChI=1S/C13H27N5S/c1-6-7-18-12(14-15-13(18)19)17(10-11(2)3)9-8-16(4)5/h11H,6-10H2,1-5H3,(H,15,19). The van der Waals surface area contributed by atoms with E-state index in [2.05, 4.69) is 59.4 Å². The molecule has 0 amide bonds. The van der Waals surface area contributed by atoms with Gasteiger partial charge in [-0.15, -0.1) is 5.10 Å². The molecule has 6 heteroatoms. The van der Waals surface area contributed by atoms with Crippen molar-refractivity contribution in [1.29, 1.82) is 0 Å². The Bertz CT molecular complexity index is 421. The smallest absolute Gasteiger partial charge is 0.225 e. The van der Waals surface area contributed by atoms with Crippen LogP contribution in [0.5, 0.6) is 0 Å². The first-order valence-corrected chi connectivity index (χ1v) is 7.41. The molecule has 0 atom stereocenters. The maximum atomic E-state index is 5.31. The number of aromatic nitrogens is 3. The van der Waals surface area contributed by atoms with Gasteiger partial charge in [0.05, 0.1) is 0 Å². The van der Waals surface area contributed by atoms with E-state index in [4.69, 9.17) is 12.2 Å². The predicted molar refractivity (Wildman–Crippen MR) is 83.3 cm³/mol. The summed E-state index contributed by atoms with van der Waals surface area (Å²) in [5.41, 5.74) is 0. The van der Waals surface area contributed by atoms with Gasteiger partial charge in [0.25, 0.3) is 0 Å². The van der Waals surface area contributed by atoms with Gasteiger partial charge in [-0.05, 0) is 38.7 Å². The molecule has 0 fully saturated rings. The lowest BCUT2D eigenvalue weighted by Crippen LogP contribution is -2.36. The molecule has 19 heavy (non-hydrogen) atoms. The summed E-state index contributed by atoms with van der Waals surface area (Å²) in [5, 5.41) is 7.34. The molecule has 0 aliphatic rings. The summed E-state index contributed by atoms with van der Waals surface area (Å²) in [6, 6.07) is 0. The van der Waals surface area contributed by atoms with E-state index in [0.29, 0.717) is 5.92 Å². The zero-order chi connectivity index (χ0) is 14.4. The van der Waals surface area contributed by atoms with Gasteiger partial charge in [0.15, 0.2) is 4.77 Å². The molecule has 5 nitrogen and oxygen atoms in total. The van der Waals surface area contributed by atoms with Gasteiger partial charge in [-0.25, -0.2) is 5.10 Å². The number of H-pyrrole nitrogens is 1. The quantitative estimate of drug-likeness (QED) is 0.745. The summed E-state index contributed by atoms with van der Waals surface area (Å²) in [4.78, 5) is 4.52. The molecule has 0 saturated heterocycles. The average molecular weight is 285 g/mol. The molecule has 0 spiro atoms. The van der Waals surface area contributed by atoms with Gasteiger partial charge in [-0.1, -0.05) is 20.8 Å². The molecule has 1 rings (SSSR count). The van der Waals surface area contributed by atoms with Crippen molar-refractivity contribution >= 4 is 18.2 Å². The number of nitrogens with zero attached hydrogens (tertiary/aromatic N) is 4. The lowest BCUT2D eigenvalue weighted by atomic mass is 10.2. The van der Waals surface area contributed by atoms with Crippen molar-refractivity contribution in [3.05, 3.63) is 4.77 Å². The Hall–Kier alpha value is -0.880. The second-order valence-electron chi connectivity index (χ2n) is 5.62. The molecular weight excluding hydrogens is 258 g/mol. The van der Waals surface area contributed by atoms with Crippen molar-refractivity contribution in [2.45, 2.75) is 33.7 Å². The lowest BCUT2D eigenvalue weighted by molar-refractivity contribution is 0.406. The third kappa shape index (κ3) is 4.95. The Morgan fingerprint density at radius 2 is 2.00 bits per heavy atom. The Kier molecular flexibility index (Phi) is 6.51. The van der Waals surface area contributed by atoms with Gasteiger partial charge >= 0.3 is 0 Å². The lowest BCUT2D eigenvalue weighted by Gasteiger charge is -2.27. The zero-order valence-corrected chi connectivity index (χ0v) is 13.6. The number of likely N-dealkylation sites (N-methyl/N-ethyl adjacent to an activating group) is 1. The molecule has 0 aliphatic carbocycles. The second-order valence-corrected chi connectivity index (χ2v) is 6.01. The van der Waals surface area contributed by atoms with Crippen molar-refractivity contribution in [3.63, 3.8) is 0 Å². The van der Waals surface area contributed by atoms with E-state index in [0.717, 1.165) is 43.3 Å². The van der Waals surface area contributed by atoms with Crippen molar-refractivity contribution in [2.75, 3.05) is 38.6 Å². The maximum absolute atomic E-state index is 5.31. The number of aromatic amines is 1. The molecule has 0 bridgehead atoms. The van der Waals surface area contributed by atoms with E-state index >= 15 is 0 Å². The van der Waals surface area contributed by atoms with Crippen molar-refractivity contribution in [1.82, 2.24) is 19.7 Å². The molecule has 1 N–H and O–H groups in total. The van der Waals surface area contributed by atoms with Gasteiger partial charge < -0.3 is 9.80 Å². The fourth-order valence-corrected chi connectivity index (χ4v) is 2.23. The predicted octanol–water partition coefficient (Wildman–Crippen LogP) is 2.37. The normalized spacial score (nSPS) is 11.5. The molecule has 0 saturated carbocycles. The Morgan fingerprint density at radius 3 is 2.53 bits per heavy atom. The SMILES string of the molecule is CCCn1c(N(CCN(C)C)CC(C)C)n[nH]c1=S. The molecule has 1 aromatic heterocycles. The van der Waals surface area contributed by atoms with Crippen LogP contribution in [0.1, 0.15) is 27.2 Å². The first kappa shape index (κ1) is 16.2. The number of hydrogen-bond acceptors (Lipinski definition) is 4. The monoisotopic (exact) mass is 285 g/mol. The minimum Gasteiger partial charge on any atom is -0.339 e. The van der Waals surface area contributed by atoms with Gasteiger partial charge in [0.2, 0.25) is 5.95 Å². The summed E-state index contributed by atoms with van der Waals surface area (Å²) < 4.78 is 2.82. The average Bonchev–Trinajstić information content (AvgIpc) is 2.67. The highest BCUT2D eigenvalue weighted by atomic mass is 32.1. The first-order valence-electron chi connectivity index (χ1n) is 7.00. The van der Waals surface area contributed by atoms with E-state index in [-0.39, 0.29) is 0 Å². The Balaban J connectivity index is 2.92. The van der Waals surface area contributed by atoms with Crippen LogP contribution in [0, 0.1) is 10.7 Å². The molecule has 0 radical (unpaired) electrons. The Labute approximate surface area is 121 Å². The van der Waals surface area contributed by atoms with Crippen LogP contribution in [0.4, 0.5) is 5.95 Å². The van der Waals surface area contributed by atoms with E-state index in [1.54, 1.807) is 0 Å². The third-order valence-electron chi connectivity index (χ3n) is 2.87. The van der Waals surface area contributed by atoms with Crippen molar-refractivity contribution in [3.8, 4) is 0 Å². The van der Waals surface area contributed by atoms with Gasteiger partial charge in [-0.3, -0.25) is 4.57 Å². The molecule has 0 unspecified atom stereocenters. The number of anilines is 1. The highest BCUT2D eigenvalue weighted by molar-refractivity contribution is 7.71. The number of hydrogen-bond donors (Lipinski definition) is 1. The maximum Gasteiger partial charge on any atom is 0.225 e. The van der Waals surface area contributed by atoms with E-state index in [1.807, 2.05) is 0 Å². The van der Waals surface area contributed by atoms with Crippen LogP contribution in [0.3, 0.4) is 0 Å². The summed E-state index contributed by atoms with van der Waals surface area (Å²) >= 11 is 5.31. The van der Waals surface area contributed by atoms with Crippen LogP contribution in [0.25, 0.3) is 0 Å². The van der Waals surface area contributed by atoms with Crippen LogP contribution >= 0.6 is 12.2 Å². The van der Waals surface area contributed by atoms with Crippen molar-refractivity contribution in [2.24, 2.45) is 5.92 Å². The third-order valence-corrected chi connectivity index (χ3v) is 3.18. The fraction of sp³-hybridized carbons (Fsp3) is 0.846. The van der Waals surface area contributed by atoms with Crippen LogP contribution in [0.15, 0.2) is 0 Å². The second kappa shape index (κ2) is 7.65. The van der Waals surface area contributed by atoms with Gasteiger partial charge in [0, 0.05) is 26.2 Å². The molecule has 0 aromatic carbocycles. The van der Waals surface area contributed by atoms with Crippen LogP contribution in [-0.4, -0.2) is 53.4 Å². The van der Waals surface area contributed by atoms with E-state index in [1.165, 1.54) is 0 Å². The summed E-state index contributed by atoms with van der Waals surface area (Å²) in [6.45, 7) is 10.5. The van der Waals surface area contributed by atoms with Crippen LogP contribution in [0.2, 0.25) is 0 Å². The number of rotatable bonds is 8. The number of nitrogens with one attached hydrogen (secondary N) is 1. The summed E-state index contributed by atoms with van der Waals surface area (Å²) in [6.07, 6.45) is 1.06. The largest absolute Gasteiger partial charge is 0.339 e. The Morgan fingerprint density at radius 1 is 1.32 bits per heavy atom. The minimum absolute atomic E-state index is 0.600. The molecule has 1 aromatic rings. The van der Waals surface area contributed by atoms with E-state index in [9.17, 15) is 0 Å². The summed E-state index contributed by atoms with van der Waals surface area (Å²) in [5.74, 6) is 1.57. The molecule has 0 aliphatic heterocycles. The molecule has 110 valence electrons. The van der Waals surface area contributed by atoms with E-state index < -0.39 is 0 Å². The van der Waals surface area contributed by atoms with Crippen LogP contribution < -0.4 is 4.90 Å².